The van der Waals surface area contributed by atoms with Gasteiger partial charge in [-0.15, -0.1) is 0 Å². The Bertz CT molecular complexity index is 417. The topological polar surface area (TPSA) is 40.6 Å². The van der Waals surface area contributed by atoms with Gasteiger partial charge in [0.05, 0.1) is 0 Å². The maximum atomic E-state index is 12.5. The maximum Gasteiger partial charge on any atom is 0.225 e. The van der Waals surface area contributed by atoms with E-state index in [1.165, 1.54) is 0 Å². The summed E-state index contributed by atoms with van der Waals surface area (Å²) in [5.74, 6) is 1.65. The monoisotopic (exact) mass is 278 g/mol. The molecule has 4 heteroatoms. The van der Waals surface area contributed by atoms with Crippen LogP contribution < -0.4 is 0 Å². The van der Waals surface area contributed by atoms with Crippen LogP contribution in [0.5, 0.6) is 0 Å². The molecule has 0 aromatic carbocycles. The predicted octanol–water partition coefficient (Wildman–Crippen LogP) is 2.04. The van der Waals surface area contributed by atoms with Gasteiger partial charge < -0.3 is 9.80 Å². The number of carbonyl (C=O) groups is 2. The highest BCUT2D eigenvalue weighted by Crippen LogP contribution is 2.39. The van der Waals surface area contributed by atoms with Crippen molar-refractivity contribution in [2.45, 2.75) is 57.4 Å². The second kappa shape index (κ2) is 5.05. The number of hydrogen-bond acceptors (Lipinski definition) is 2. The predicted molar refractivity (Wildman–Crippen MR) is 77.1 cm³/mol. The van der Waals surface area contributed by atoms with Gasteiger partial charge in [-0.05, 0) is 44.4 Å². The summed E-state index contributed by atoms with van der Waals surface area (Å²) < 4.78 is 0. The fourth-order valence-electron chi connectivity index (χ4n) is 4.29. The van der Waals surface area contributed by atoms with Crippen molar-refractivity contribution in [3.8, 4) is 0 Å². The van der Waals surface area contributed by atoms with E-state index in [4.69, 9.17) is 0 Å². The van der Waals surface area contributed by atoms with E-state index in [-0.39, 0.29) is 17.4 Å². The van der Waals surface area contributed by atoms with Gasteiger partial charge in [0.2, 0.25) is 11.8 Å². The summed E-state index contributed by atoms with van der Waals surface area (Å²) >= 11 is 0. The van der Waals surface area contributed by atoms with Gasteiger partial charge in [-0.3, -0.25) is 9.59 Å². The SMILES string of the molecule is CC1CC(C(=O)N2CCCC3(CCC(=O)N3C)CC2)C1. The summed E-state index contributed by atoms with van der Waals surface area (Å²) in [5.41, 5.74) is 0.0407. The average Bonchev–Trinajstić information content (AvgIpc) is 2.59. The highest BCUT2D eigenvalue weighted by molar-refractivity contribution is 5.80. The second-order valence-electron chi connectivity index (χ2n) is 7.13. The quantitative estimate of drug-likeness (QED) is 0.736. The van der Waals surface area contributed by atoms with Crippen molar-refractivity contribution in [2.24, 2.45) is 11.8 Å². The van der Waals surface area contributed by atoms with Crippen LogP contribution in [-0.4, -0.2) is 47.3 Å². The number of carbonyl (C=O) groups excluding carboxylic acids is 2. The molecule has 4 nitrogen and oxygen atoms in total. The van der Waals surface area contributed by atoms with Crippen LogP contribution in [0.25, 0.3) is 0 Å². The van der Waals surface area contributed by atoms with Crippen molar-refractivity contribution in [1.82, 2.24) is 9.80 Å². The fraction of sp³-hybridized carbons (Fsp3) is 0.875. The molecule has 0 N–H and O–H groups in total. The standard InChI is InChI=1S/C16H26N2O2/c1-12-10-13(11-12)15(20)18-8-3-5-16(7-9-18)6-4-14(19)17(16)2/h12-13H,3-11H2,1-2H3. The molecule has 3 rings (SSSR count). The summed E-state index contributed by atoms with van der Waals surface area (Å²) in [4.78, 5) is 28.3. The molecular formula is C16H26N2O2. The second-order valence-corrected chi connectivity index (χ2v) is 7.13. The Morgan fingerprint density at radius 3 is 2.55 bits per heavy atom. The van der Waals surface area contributed by atoms with E-state index in [0.29, 0.717) is 12.3 Å². The molecule has 3 aliphatic rings. The van der Waals surface area contributed by atoms with Gasteiger partial charge in [0.25, 0.3) is 0 Å². The van der Waals surface area contributed by atoms with Crippen molar-refractivity contribution in [2.75, 3.05) is 20.1 Å². The first-order valence-corrected chi connectivity index (χ1v) is 8.07. The van der Waals surface area contributed by atoms with Crippen LogP contribution in [0.3, 0.4) is 0 Å². The summed E-state index contributed by atoms with van der Waals surface area (Å²) in [7, 11) is 1.94. The van der Waals surface area contributed by atoms with Crippen LogP contribution >= 0.6 is 0 Å². The molecule has 2 saturated heterocycles. The smallest absolute Gasteiger partial charge is 0.225 e. The van der Waals surface area contributed by atoms with Gasteiger partial charge in [-0.1, -0.05) is 6.92 Å². The van der Waals surface area contributed by atoms with Gasteiger partial charge in [0.15, 0.2) is 0 Å². The summed E-state index contributed by atoms with van der Waals surface area (Å²) in [5, 5.41) is 0. The summed E-state index contributed by atoms with van der Waals surface area (Å²) in [6.45, 7) is 3.94. The Labute approximate surface area is 121 Å². The van der Waals surface area contributed by atoms with Crippen molar-refractivity contribution < 1.29 is 9.59 Å². The van der Waals surface area contributed by atoms with E-state index in [1.807, 2.05) is 11.9 Å². The third-order valence-electron chi connectivity index (χ3n) is 5.84. The molecule has 0 aromatic heterocycles. The molecule has 1 aliphatic carbocycles. The number of hydrogen-bond donors (Lipinski definition) is 0. The molecule has 2 heterocycles. The Kier molecular flexibility index (Phi) is 3.51. The Morgan fingerprint density at radius 2 is 1.95 bits per heavy atom. The number of likely N-dealkylation sites (tertiary alicyclic amines) is 2. The van der Waals surface area contributed by atoms with Crippen LogP contribution in [0.4, 0.5) is 0 Å². The lowest BCUT2D eigenvalue weighted by atomic mass is 9.75. The Hall–Kier alpha value is -1.06. The summed E-state index contributed by atoms with van der Waals surface area (Å²) in [6.07, 6.45) is 6.85. The van der Waals surface area contributed by atoms with E-state index in [2.05, 4.69) is 11.8 Å². The largest absolute Gasteiger partial charge is 0.342 e. The average molecular weight is 278 g/mol. The zero-order valence-electron chi connectivity index (χ0n) is 12.7. The minimum Gasteiger partial charge on any atom is -0.342 e. The van der Waals surface area contributed by atoms with Gasteiger partial charge >= 0.3 is 0 Å². The van der Waals surface area contributed by atoms with Gasteiger partial charge in [0.1, 0.15) is 0 Å². The van der Waals surface area contributed by atoms with Crippen LogP contribution in [-0.2, 0) is 9.59 Å². The molecule has 1 unspecified atom stereocenters. The van der Waals surface area contributed by atoms with E-state index in [9.17, 15) is 9.59 Å². The first-order chi connectivity index (χ1) is 9.52. The zero-order chi connectivity index (χ0) is 14.3. The molecule has 2 amide bonds. The molecule has 1 atom stereocenters. The minimum absolute atomic E-state index is 0.0407. The molecule has 1 saturated carbocycles. The molecule has 112 valence electrons. The van der Waals surface area contributed by atoms with Crippen LogP contribution in [0.2, 0.25) is 0 Å². The molecule has 0 bridgehead atoms. The summed E-state index contributed by atoms with van der Waals surface area (Å²) in [6, 6.07) is 0. The normalized spacial score (nSPS) is 38.0. The number of nitrogens with zero attached hydrogens (tertiary/aromatic N) is 2. The van der Waals surface area contributed by atoms with Crippen molar-refractivity contribution >= 4 is 11.8 Å². The van der Waals surface area contributed by atoms with Crippen LogP contribution in [0, 0.1) is 11.8 Å². The molecule has 3 fully saturated rings. The Morgan fingerprint density at radius 1 is 1.20 bits per heavy atom. The lowest BCUT2D eigenvalue weighted by molar-refractivity contribution is -0.139. The number of amides is 2. The highest BCUT2D eigenvalue weighted by Gasteiger charge is 2.44. The van der Waals surface area contributed by atoms with E-state index >= 15 is 0 Å². The lowest BCUT2D eigenvalue weighted by Crippen LogP contribution is -2.45. The van der Waals surface area contributed by atoms with Gasteiger partial charge in [-0.2, -0.15) is 0 Å². The lowest BCUT2D eigenvalue weighted by Gasteiger charge is -2.37. The first kappa shape index (κ1) is 13.9. The van der Waals surface area contributed by atoms with E-state index < -0.39 is 0 Å². The highest BCUT2D eigenvalue weighted by atomic mass is 16.2. The molecule has 2 aliphatic heterocycles. The van der Waals surface area contributed by atoms with E-state index in [1.54, 1.807) is 0 Å². The van der Waals surface area contributed by atoms with Crippen LogP contribution in [0.15, 0.2) is 0 Å². The van der Waals surface area contributed by atoms with Gasteiger partial charge in [-0.25, -0.2) is 0 Å². The number of rotatable bonds is 1. The Balaban J connectivity index is 1.62. The maximum absolute atomic E-state index is 12.5. The molecular weight excluding hydrogens is 252 g/mol. The van der Waals surface area contributed by atoms with Crippen molar-refractivity contribution in [1.29, 1.82) is 0 Å². The third-order valence-corrected chi connectivity index (χ3v) is 5.84. The molecule has 20 heavy (non-hydrogen) atoms. The van der Waals surface area contributed by atoms with Crippen LogP contribution in [0.1, 0.15) is 51.9 Å². The fourth-order valence-corrected chi connectivity index (χ4v) is 4.29. The first-order valence-electron chi connectivity index (χ1n) is 8.07. The van der Waals surface area contributed by atoms with Crippen molar-refractivity contribution in [3.63, 3.8) is 0 Å². The third kappa shape index (κ3) is 2.23. The van der Waals surface area contributed by atoms with E-state index in [0.717, 1.165) is 57.5 Å². The minimum atomic E-state index is 0.0407. The molecule has 1 spiro atoms. The van der Waals surface area contributed by atoms with Gasteiger partial charge in [0, 0.05) is 38.0 Å². The molecule has 0 radical (unpaired) electrons. The molecule has 0 aromatic rings. The zero-order valence-corrected chi connectivity index (χ0v) is 12.7. The van der Waals surface area contributed by atoms with Crippen molar-refractivity contribution in [3.05, 3.63) is 0 Å².